The van der Waals surface area contributed by atoms with Crippen molar-refractivity contribution in [3.8, 4) is 11.1 Å². The van der Waals surface area contributed by atoms with Crippen LogP contribution in [0.1, 0.15) is 60.1 Å². The Morgan fingerprint density at radius 3 is 2.07 bits per heavy atom. The minimum Gasteiger partial charge on any atom is -0.0798 e. The first-order chi connectivity index (χ1) is 13.0. The molecule has 27 heavy (non-hydrogen) atoms. The van der Waals surface area contributed by atoms with Gasteiger partial charge in [0.15, 0.2) is 0 Å². The molecule has 0 aliphatic heterocycles. The van der Waals surface area contributed by atoms with E-state index in [4.69, 9.17) is 0 Å². The van der Waals surface area contributed by atoms with E-state index >= 15 is 0 Å². The van der Waals surface area contributed by atoms with E-state index in [-0.39, 0.29) is 0 Å². The fraction of sp³-hybridized carbons (Fsp3) is 0.222. The zero-order valence-electron chi connectivity index (χ0n) is 16.6. The summed E-state index contributed by atoms with van der Waals surface area (Å²) in [6.07, 6.45) is 13.7. The average molecular weight is 349 g/mol. The van der Waals surface area contributed by atoms with Gasteiger partial charge in [0.1, 0.15) is 0 Å². The summed E-state index contributed by atoms with van der Waals surface area (Å²) in [6.45, 7) is 9.01. The Hall–Kier alpha value is -2.60. The molecule has 5 rings (SSSR count). The monoisotopic (exact) mass is 349 g/mol. The molecule has 0 heteroatoms. The highest BCUT2D eigenvalue weighted by molar-refractivity contribution is 5.94. The quantitative estimate of drug-likeness (QED) is 0.453. The Balaban J connectivity index is 1.82. The van der Waals surface area contributed by atoms with Crippen molar-refractivity contribution in [2.75, 3.05) is 0 Å². The number of rotatable bonds is 2. The van der Waals surface area contributed by atoms with Crippen LogP contribution in [0.3, 0.4) is 0 Å². The van der Waals surface area contributed by atoms with Crippen LogP contribution in [0.2, 0.25) is 0 Å². The number of aryl methyl sites for hydroxylation is 1. The van der Waals surface area contributed by atoms with E-state index in [0.29, 0.717) is 0 Å². The van der Waals surface area contributed by atoms with Gasteiger partial charge in [0, 0.05) is 6.42 Å². The second-order valence-electron chi connectivity index (χ2n) is 8.16. The van der Waals surface area contributed by atoms with Crippen LogP contribution in [0.5, 0.6) is 0 Å². The van der Waals surface area contributed by atoms with Crippen molar-refractivity contribution >= 4 is 11.1 Å². The predicted octanol–water partition coefficient (Wildman–Crippen LogP) is 7.35. The van der Waals surface area contributed by atoms with Crippen LogP contribution in [0.25, 0.3) is 22.3 Å². The zero-order chi connectivity index (χ0) is 18.7. The molecule has 2 aromatic carbocycles. The highest BCUT2D eigenvalue weighted by Gasteiger charge is 2.28. The molecule has 0 spiro atoms. The summed E-state index contributed by atoms with van der Waals surface area (Å²) >= 11 is 0. The molecule has 0 heterocycles. The topological polar surface area (TPSA) is 0 Å². The molecule has 0 saturated carbocycles. The molecule has 3 aliphatic rings. The van der Waals surface area contributed by atoms with Gasteiger partial charge in [-0.2, -0.15) is 0 Å². The average Bonchev–Trinajstić information content (AvgIpc) is 3.33. The normalized spacial score (nSPS) is 17.3. The number of hydrogen-bond donors (Lipinski definition) is 0. The lowest BCUT2D eigenvalue weighted by Crippen LogP contribution is -2.01. The summed E-state index contributed by atoms with van der Waals surface area (Å²) in [6, 6.07) is 9.32. The number of benzene rings is 2. The first-order valence-electron chi connectivity index (χ1n) is 9.91. The highest BCUT2D eigenvalue weighted by Crippen LogP contribution is 2.48. The summed E-state index contributed by atoms with van der Waals surface area (Å²) in [5, 5.41) is 0. The van der Waals surface area contributed by atoms with Crippen molar-refractivity contribution in [1.29, 1.82) is 0 Å². The standard InChI is InChI=1S/C27H25/c1-16-11-12-23-20(13-16)14-26-25(23)15-24(21-9-5-7-17(21)2)19(4)27(26)22-10-6-8-18(22)3/h5-8,11-15H,9-10H2,1-4H3. The van der Waals surface area contributed by atoms with Gasteiger partial charge in [-0.1, -0.05) is 48.1 Å². The van der Waals surface area contributed by atoms with Gasteiger partial charge >= 0.3 is 0 Å². The molecular weight excluding hydrogens is 324 g/mol. The van der Waals surface area contributed by atoms with E-state index in [0.717, 1.165) is 12.8 Å². The van der Waals surface area contributed by atoms with Crippen LogP contribution in [0, 0.1) is 20.3 Å². The van der Waals surface area contributed by atoms with Crippen molar-refractivity contribution in [2.24, 2.45) is 0 Å². The van der Waals surface area contributed by atoms with Crippen LogP contribution in [0.15, 0.2) is 59.7 Å². The van der Waals surface area contributed by atoms with E-state index in [1.165, 1.54) is 66.8 Å². The largest absolute Gasteiger partial charge is 0.0798 e. The van der Waals surface area contributed by atoms with Gasteiger partial charge in [0.2, 0.25) is 0 Å². The number of allylic oxidation sites excluding steroid dienone is 8. The molecule has 0 bridgehead atoms. The third-order valence-corrected chi connectivity index (χ3v) is 6.38. The van der Waals surface area contributed by atoms with Crippen molar-refractivity contribution < 1.29 is 0 Å². The van der Waals surface area contributed by atoms with Gasteiger partial charge in [-0.3, -0.25) is 0 Å². The van der Waals surface area contributed by atoms with Gasteiger partial charge in [-0.05, 0) is 108 Å². The summed E-state index contributed by atoms with van der Waals surface area (Å²) in [4.78, 5) is 0. The fourth-order valence-corrected chi connectivity index (χ4v) is 4.93. The van der Waals surface area contributed by atoms with Gasteiger partial charge in [-0.25, -0.2) is 0 Å². The third kappa shape index (κ3) is 2.43. The second kappa shape index (κ2) is 5.96. The molecule has 0 aromatic heterocycles. The maximum atomic E-state index is 2.45. The van der Waals surface area contributed by atoms with E-state index in [1.807, 2.05) is 0 Å². The van der Waals surface area contributed by atoms with E-state index < -0.39 is 0 Å². The molecule has 0 N–H and O–H groups in total. The van der Waals surface area contributed by atoms with Crippen LogP contribution in [-0.2, 0) is 0 Å². The van der Waals surface area contributed by atoms with Crippen molar-refractivity contribution in [3.05, 3.63) is 99.5 Å². The van der Waals surface area contributed by atoms with E-state index in [2.05, 4.69) is 82.7 Å². The predicted molar refractivity (Wildman–Crippen MR) is 117 cm³/mol. The molecular formula is C27H25. The minimum atomic E-state index is 1.04. The molecule has 0 amide bonds. The Morgan fingerprint density at radius 1 is 0.704 bits per heavy atom. The van der Waals surface area contributed by atoms with Crippen LogP contribution in [-0.4, -0.2) is 0 Å². The molecule has 0 fully saturated rings. The SMILES string of the molecule is CC1=C(c2cc3c(c(C4=C(C)C=CC4)c2C)[CH]c2cc(C)ccc2-3)CC=C1. The molecule has 1 radical (unpaired) electrons. The smallest absolute Gasteiger partial charge is 0.0218 e. The number of hydrogen-bond acceptors (Lipinski definition) is 0. The fourth-order valence-electron chi connectivity index (χ4n) is 4.93. The van der Waals surface area contributed by atoms with E-state index in [1.54, 1.807) is 0 Å². The lowest BCUT2D eigenvalue weighted by Gasteiger charge is -2.20. The minimum absolute atomic E-state index is 1.04. The van der Waals surface area contributed by atoms with E-state index in [9.17, 15) is 0 Å². The van der Waals surface area contributed by atoms with Gasteiger partial charge in [-0.15, -0.1) is 0 Å². The molecule has 3 aliphatic carbocycles. The van der Waals surface area contributed by atoms with Gasteiger partial charge < -0.3 is 0 Å². The summed E-state index contributed by atoms with van der Waals surface area (Å²) < 4.78 is 0. The molecule has 0 atom stereocenters. The highest BCUT2D eigenvalue weighted by atomic mass is 14.3. The maximum absolute atomic E-state index is 2.45. The Kier molecular flexibility index (Phi) is 3.65. The molecule has 2 aromatic rings. The molecule has 0 unspecified atom stereocenters. The molecule has 133 valence electrons. The lowest BCUT2D eigenvalue weighted by molar-refractivity contribution is 1.28. The summed E-state index contributed by atoms with van der Waals surface area (Å²) in [5.41, 5.74) is 17.0. The summed E-state index contributed by atoms with van der Waals surface area (Å²) in [7, 11) is 0. The first kappa shape index (κ1) is 16.6. The van der Waals surface area contributed by atoms with Gasteiger partial charge in [0.05, 0.1) is 0 Å². The Morgan fingerprint density at radius 2 is 1.41 bits per heavy atom. The molecule has 0 nitrogen and oxygen atoms in total. The lowest BCUT2D eigenvalue weighted by atomic mass is 9.83. The maximum Gasteiger partial charge on any atom is 0.0218 e. The van der Waals surface area contributed by atoms with Crippen LogP contribution in [0.4, 0.5) is 0 Å². The number of fused-ring (bicyclic) bond motifs is 3. The van der Waals surface area contributed by atoms with Crippen molar-refractivity contribution in [3.63, 3.8) is 0 Å². The van der Waals surface area contributed by atoms with Crippen molar-refractivity contribution in [2.45, 2.75) is 40.5 Å². The van der Waals surface area contributed by atoms with Crippen molar-refractivity contribution in [1.82, 2.24) is 0 Å². The third-order valence-electron chi connectivity index (χ3n) is 6.38. The Bertz CT molecular complexity index is 1110. The Labute approximate surface area is 162 Å². The van der Waals surface area contributed by atoms with Crippen LogP contribution < -0.4 is 0 Å². The molecule has 0 saturated heterocycles. The van der Waals surface area contributed by atoms with Gasteiger partial charge in [0.25, 0.3) is 0 Å². The summed E-state index contributed by atoms with van der Waals surface area (Å²) in [5.74, 6) is 0. The van der Waals surface area contributed by atoms with Crippen LogP contribution >= 0.6 is 0 Å². The first-order valence-corrected chi connectivity index (χ1v) is 9.91. The zero-order valence-corrected chi connectivity index (χ0v) is 16.6. The second-order valence-corrected chi connectivity index (χ2v) is 8.16.